The molecule has 0 spiro atoms. The summed E-state index contributed by atoms with van der Waals surface area (Å²) in [6.07, 6.45) is 1.27. The van der Waals surface area contributed by atoms with Crippen LogP contribution in [-0.4, -0.2) is 26.5 Å². The highest BCUT2D eigenvalue weighted by Gasteiger charge is 2.10. The van der Waals surface area contributed by atoms with Crippen LogP contribution in [0.1, 0.15) is 23.6 Å². The van der Waals surface area contributed by atoms with Crippen LogP contribution in [0.4, 0.5) is 0 Å². The largest absolute Gasteiger partial charge is 0.309 e. The highest BCUT2D eigenvalue weighted by molar-refractivity contribution is 7.90. The summed E-state index contributed by atoms with van der Waals surface area (Å²) in [7, 11) is -2.91. The second-order valence-corrected chi connectivity index (χ2v) is 6.93. The molecule has 1 unspecified atom stereocenters. The molecular weight excluding hydrogens is 234 g/mol. The van der Waals surface area contributed by atoms with E-state index in [0.717, 1.165) is 6.54 Å². The number of benzene rings is 1. The molecule has 0 amide bonds. The first-order valence-corrected chi connectivity index (χ1v) is 7.82. The molecule has 1 aromatic carbocycles. The summed E-state index contributed by atoms with van der Waals surface area (Å²) in [6, 6.07) is 6.16. The molecule has 0 aliphatic carbocycles. The van der Waals surface area contributed by atoms with Gasteiger partial charge in [0.05, 0.1) is 5.75 Å². The average Bonchev–Trinajstić information content (AvgIpc) is 2.14. The van der Waals surface area contributed by atoms with Crippen molar-refractivity contribution >= 4 is 9.84 Å². The van der Waals surface area contributed by atoms with Gasteiger partial charge in [-0.25, -0.2) is 8.42 Å². The lowest BCUT2D eigenvalue weighted by Crippen LogP contribution is -2.32. The first-order valence-electron chi connectivity index (χ1n) is 5.76. The van der Waals surface area contributed by atoms with E-state index in [0.29, 0.717) is 0 Å². The number of hydrogen-bond donors (Lipinski definition) is 1. The molecule has 0 saturated carbocycles. The molecule has 1 N–H and O–H groups in total. The molecule has 3 nitrogen and oxygen atoms in total. The van der Waals surface area contributed by atoms with Gasteiger partial charge < -0.3 is 5.32 Å². The van der Waals surface area contributed by atoms with Crippen LogP contribution in [0.3, 0.4) is 0 Å². The number of rotatable bonds is 5. The van der Waals surface area contributed by atoms with Crippen molar-refractivity contribution in [3.63, 3.8) is 0 Å². The van der Waals surface area contributed by atoms with Gasteiger partial charge in [-0.3, -0.25) is 0 Å². The summed E-state index contributed by atoms with van der Waals surface area (Å²) in [6.45, 7) is 6.76. The maximum absolute atomic E-state index is 11.1. The number of sulfone groups is 1. The van der Waals surface area contributed by atoms with Crippen molar-refractivity contribution in [1.82, 2.24) is 5.32 Å². The number of aryl methyl sites for hydroxylation is 2. The number of nitrogens with one attached hydrogen (secondary N) is 1. The van der Waals surface area contributed by atoms with Crippen LogP contribution in [0.5, 0.6) is 0 Å². The average molecular weight is 255 g/mol. The van der Waals surface area contributed by atoms with E-state index >= 15 is 0 Å². The van der Waals surface area contributed by atoms with Crippen LogP contribution in [0.2, 0.25) is 0 Å². The summed E-state index contributed by atoms with van der Waals surface area (Å²) < 4.78 is 22.3. The van der Waals surface area contributed by atoms with E-state index in [1.54, 1.807) is 0 Å². The van der Waals surface area contributed by atoms with E-state index in [1.807, 2.05) is 13.0 Å². The highest BCUT2D eigenvalue weighted by Crippen LogP contribution is 2.12. The van der Waals surface area contributed by atoms with Gasteiger partial charge in [-0.15, -0.1) is 0 Å². The Morgan fingerprint density at radius 2 is 1.76 bits per heavy atom. The molecule has 0 heterocycles. The molecule has 96 valence electrons. The summed E-state index contributed by atoms with van der Waals surface area (Å²) in [5, 5.41) is 3.26. The second-order valence-electron chi connectivity index (χ2n) is 4.74. The van der Waals surface area contributed by atoms with Crippen molar-refractivity contribution in [2.45, 2.75) is 33.4 Å². The molecule has 0 saturated heterocycles. The molecule has 0 aliphatic heterocycles. The Morgan fingerprint density at radius 1 is 1.24 bits per heavy atom. The van der Waals surface area contributed by atoms with Crippen LogP contribution >= 0.6 is 0 Å². The highest BCUT2D eigenvalue weighted by atomic mass is 32.2. The minimum Gasteiger partial charge on any atom is -0.309 e. The zero-order valence-corrected chi connectivity index (χ0v) is 11.8. The summed E-state index contributed by atoms with van der Waals surface area (Å²) in [4.78, 5) is 0. The Morgan fingerprint density at radius 3 is 2.24 bits per heavy atom. The van der Waals surface area contributed by atoms with Gasteiger partial charge >= 0.3 is 0 Å². The van der Waals surface area contributed by atoms with Gasteiger partial charge in [0.15, 0.2) is 0 Å². The molecule has 4 heteroatoms. The first-order chi connectivity index (χ1) is 7.79. The van der Waals surface area contributed by atoms with Gasteiger partial charge in [0.1, 0.15) is 9.84 Å². The van der Waals surface area contributed by atoms with Gasteiger partial charge in [0.2, 0.25) is 0 Å². The molecule has 1 rings (SSSR count). The Balaban J connectivity index is 2.62. The van der Waals surface area contributed by atoms with E-state index in [1.165, 1.54) is 22.9 Å². The summed E-state index contributed by atoms with van der Waals surface area (Å²) in [5.74, 6) is 0.179. The van der Waals surface area contributed by atoms with Crippen LogP contribution in [0.25, 0.3) is 0 Å². The van der Waals surface area contributed by atoms with Gasteiger partial charge in [0.25, 0.3) is 0 Å². The molecular formula is C13H21NO2S. The fourth-order valence-electron chi connectivity index (χ4n) is 1.92. The molecule has 0 fully saturated rings. The van der Waals surface area contributed by atoms with E-state index in [-0.39, 0.29) is 11.8 Å². The molecule has 1 aromatic rings. The maximum atomic E-state index is 11.1. The van der Waals surface area contributed by atoms with E-state index in [9.17, 15) is 8.42 Å². The monoisotopic (exact) mass is 255 g/mol. The third-order valence-electron chi connectivity index (χ3n) is 2.82. The normalized spacial score (nSPS) is 13.6. The zero-order valence-electron chi connectivity index (χ0n) is 10.9. The van der Waals surface area contributed by atoms with Crippen molar-refractivity contribution in [1.29, 1.82) is 0 Å². The second kappa shape index (κ2) is 5.65. The zero-order chi connectivity index (χ0) is 13.1. The third-order valence-corrected chi connectivity index (χ3v) is 3.93. The minimum absolute atomic E-state index is 0.0241. The lowest BCUT2D eigenvalue weighted by Gasteiger charge is -2.15. The van der Waals surface area contributed by atoms with Crippen molar-refractivity contribution in [3.8, 4) is 0 Å². The SMILES string of the molecule is Cc1cccc(C)c1CNC(C)CS(C)(=O)=O. The van der Waals surface area contributed by atoms with Gasteiger partial charge in [-0.2, -0.15) is 0 Å². The molecule has 0 aliphatic rings. The van der Waals surface area contributed by atoms with Gasteiger partial charge in [-0.1, -0.05) is 18.2 Å². The molecule has 0 bridgehead atoms. The van der Waals surface area contributed by atoms with Crippen LogP contribution in [-0.2, 0) is 16.4 Å². The van der Waals surface area contributed by atoms with Crippen LogP contribution in [0, 0.1) is 13.8 Å². The van der Waals surface area contributed by atoms with E-state index in [4.69, 9.17) is 0 Å². The third kappa shape index (κ3) is 4.88. The topological polar surface area (TPSA) is 46.2 Å². The Labute approximate surface area is 104 Å². The maximum Gasteiger partial charge on any atom is 0.148 e. The lowest BCUT2D eigenvalue weighted by atomic mass is 10.0. The Kier molecular flexibility index (Phi) is 4.71. The fraction of sp³-hybridized carbons (Fsp3) is 0.538. The molecule has 0 radical (unpaired) electrons. The van der Waals surface area contributed by atoms with E-state index in [2.05, 4.69) is 31.3 Å². The minimum atomic E-state index is -2.91. The lowest BCUT2D eigenvalue weighted by molar-refractivity contribution is 0.559. The van der Waals surface area contributed by atoms with Crippen LogP contribution in [0.15, 0.2) is 18.2 Å². The van der Waals surface area contributed by atoms with E-state index < -0.39 is 9.84 Å². The molecule has 1 atom stereocenters. The predicted molar refractivity (Wildman–Crippen MR) is 71.9 cm³/mol. The number of hydrogen-bond acceptors (Lipinski definition) is 3. The van der Waals surface area contributed by atoms with Crippen molar-refractivity contribution < 1.29 is 8.42 Å². The summed E-state index contributed by atoms with van der Waals surface area (Å²) in [5.41, 5.74) is 3.74. The van der Waals surface area contributed by atoms with Gasteiger partial charge in [0, 0.05) is 18.8 Å². The Hall–Kier alpha value is -0.870. The first kappa shape index (κ1) is 14.2. The molecule has 0 aromatic heterocycles. The van der Waals surface area contributed by atoms with Crippen LogP contribution < -0.4 is 5.32 Å². The van der Waals surface area contributed by atoms with Crippen molar-refractivity contribution in [2.75, 3.05) is 12.0 Å². The Bertz CT molecular complexity index is 460. The quantitative estimate of drug-likeness (QED) is 0.873. The predicted octanol–water partition coefficient (Wildman–Crippen LogP) is 1.83. The van der Waals surface area contributed by atoms with Crippen molar-refractivity contribution in [3.05, 3.63) is 34.9 Å². The summed E-state index contributed by atoms with van der Waals surface area (Å²) >= 11 is 0. The standard InChI is InChI=1S/C13H21NO2S/c1-10-6-5-7-11(2)13(10)8-14-12(3)9-17(4,15)16/h5-7,12,14H,8-9H2,1-4H3. The molecule has 17 heavy (non-hydrogen) atoms. The van der Waals surface area contributed by atoms with Gasteiger partial charge in [-0.05, 0) is 37.5 Å². The smallest absolute Gasteiger partial charge is 0.148 e. The fourth-order valence-corrected chi connectivity index (χ4v) is 2.94. The van der Waals surface area contributed by atoms with Crippen molar-refractivity contribution in [2.24, 2.45) is 0 Å².